The van der Waals surface area contributed by atoms with E-state index < -0.39 is 5.54 Å². The molecule has 0 saturated carbocycles. The highest BCUT2D eigenvalue weighted by Gasteiger charge is 2.33. The fourth-order valence-corrected chi connectivity index (χ4v) is 4.92. The normalized spacial score (nSPS) is 11.4. The number of carbonyl (C=O) groups is 4. The molecule has 0 aromatic carbocycles. The highest BCUT2D eigenvalue weighted by molar-refractivity contribution is 6.19. The zero-order chi connectivity index (χ0) is 39.1. The molecule has 0 rings (SSSR count). The van der Waals surface area contributed by atoms with Crippen LogP contribution in [0.25, 0.3) is 0 Å². The van der Waals surface area contributed by atoms with Gasteiger partial charge in [0.25, 0.3) is 0 Å². The Hall–Kier alpha value is -1.24. The number of alkyl halides is 4. The quantitative estimate of drug-likeness (QED) is 0.0526. The van der Waals surface area contributed by atoms with E-state index in [4.69, 9.17) is 79.6 Å². The molecule has 0 heterocycles. The van der Waals surface area contributed by atoms with E-state index in [1.165, 1.54) is 0 Å². The minimum Gasteiger partial charge on any atom is -0.381 e. The third kappa shape index (κ3) is 35.0. The van der Waals surface area contributed by atoms with Gasteiger partial charge in [0.2, 0.25) is 23.6 Å². The van der Waals surface area contributed by atoms with Gasteiger partial charge >= 0.3 is 0 Å². The largest absolute Gasteiger partial charge is 0.381 e. The van der Waals surface area contributed by atoms with Crippen molar-refractivity contribution >= 4 is 70.0 Å². The van der Waals surface area contributed by atoms with E-state index in [1.807, 2.05) is 0 Å². The van der Waals surface area contributed by atoms with Gasteiger partial charge in [-0.15, -0.1) is 46.4 Å². The van der Waals surface area contributed by atoms with E-state index >= 15 is 0 Å². The summed E-state index contributed by atoms with van der Waals surface area (Å²) in [7, 11) is 0. The number of halogens is 4. The lowest BCUT2D eigenvalue weighted by molar-refractivity contribution is -0.128. The molecule has 0 aliphatic heterocycles. The van der Waals surface area contributed by atoms with Gasteiger partial charge in [-0.05, 0) is 25.7 Å². The Morgan fingerprint density at radius 3 is 1.00 bits per heavy atom. The van der Waals surface area contributed by atoms with Crippen LogP contribution in [0.15, 0.2) is 0 Å². The lowest BCUT2D eigenvalue weighted by Crippen LogP contribution is -2.59. The summed E-state index contributed by atoms with van der Waals surface area (Å²) in [5.41, 5.74) is -1.03. The number of carbonyl (C=O) groups excluding carboxylic acids is 4. The molecule has 0 spiro atoms. The molecular formula is C34H62Cl4N4O11. The zero-order valence-electron chi connectivity index (χ0n) is 31.0. The maximum absolute atomic E-state index is 12.7. The molecule has 0 aromatic heterocycles. The van der Waals surface area contributed by atoms with E-state index in [-0.39, 0.29) is 100 Å². The molecule has 312 valence electrons. The SMILES string of the molecule is O=C(CCCl)NCCCOCCCOCCOCC(COCCOCCCNC(=O)CCCl)(COCCOCCCNC(=O)CCCl)NC(=O)CCCl. The maximum Gasteiger partial charge on any atom is 0.221 e. The van der Waals surface area contributed by atoms with Gasteiger partial charge in [0, 0.05) is 102 Å². The number of ether oxygens (including phenoxy) is 7. The number of hydrogen-bond acceptors (Lipinski definition) is 11. The first-order valence-corrected chi connectivity index (χ1v) is 20.4. The summed E-state index contributed by atoms with van der Waals surface area (Å²) in [6.07, 6.45) is 3.67. The monoisotopic (exact) mass is 842 g/mol. The standard InChI is InChI=1S/C34H62Cl4N4O11/c35-9-5-30(43)39-13-1-16-47-19-4-20-50-23-26-53-29-34(42-33(46)8-12-38,27-51-24-21-48-17-2-14-40-31(44)6-10-36)28-52-25-22-49-18-3-15-41-32(45)7-11-37/h1-29H2,(H,39,43)(H,40,44)(H,41,45)(H,42,46). The lowest BCUT2D eigenvalue weighted by atomic mass is 10.0. The summed E-state index contributed by atoms with van der Waals surface area (Å²) < 4.78 is 40.3. The van der Waals surface area contributed by atoms with Crippen LogP contribution in [0.1, 0.15) is 51.4 Å². The van der Waals surface area contributed by atoms with Crippen LogP contribution < -0.4 is 21.3 Å². The van der Waals surface area contributed by atoms with E-state index in [9.17, 15) is 19.2 Å². The number of rotatable bonds is 40. The third-order valence-corrected chi connectivity index (χ3v) is 7.64. The number of amides is 4. The van der Waals surface area contributed by atoms with Crippen molar-refractivity contribution in [1.29, 1.82) is 0 Å². The molecule has 0 atom stereocenters. The minimum atomic E-state index is -1.03. The molecule has 15 nitrogen and oxygen atoms in total. The third-order valence-electron chi connectivity index (χ3n) is 6.88. The molecule has 0 aliphatic rings. The van der Waals surface area contributed by atoms with E-state index in [1.54, 1.807) is 0 Å². The molecule has 0 radical (unpaired) electrons. The fraction of sp³-hybridized carbons (Fsp3) is 0.882. The smallest absolute Gasteiger partial charge is 0.221 e. The first-order valence-electron chi connectivity index (χ1n) is 18.2. The molecular weight excluding hydrogens is 782 g/mol. The van der Waals surface area contributed by atoms with Gasteiger partial charge in [-0.3, -0.25) is 19.2 Å². The highest BCUT2D eigenvalue weighted by Crippen LogP contribution is 2.11. The van der Waals surface area contributed by atoms with Crippen molar-refractivity contribution in [3.8, 4) is 0 Å². The van der Waals surface area contributed by atoms with Gasteiger partial charge in [0.15, 0.2) is 0 Å². The molecule has 0 aromatic rings. The molecule has 0 aliphatic carbocycles. The van der Waals surface area contributed by atoms with Crippen LogP contribution in [0.5, 0.6) is 0 Å². The summed E-state index contributed by atoms with van der Waals surface area (Å²) in [6, 6.07) is 0. The number of nitrogens with one attached hydrogen (secondary N) is 4. The fourth-order valence-electron chi connectivity index (χ4n) is 4.23. The van der Waals surface area contributed by atoms with Crippen LogP contribution in [-0.2, 0) is 52.3 Å². The van der Waals surface area contributed by atoms with Crippen molar-refractivity contribution < 1.29 is 52.3 Å². The summed E-state index contributed by atoms with van der Waals surface area (Å²) in [6.45, 7) is 5.94. The Balaban J connectivity index is 4.75. The van der Waals surface area contributed by atoms with Crippen molar-refractivity contribution in [2.45, 2.75) is 56.9 Å². The van der Waals surface area contributed by atoms with Crippen LogP contribution in [0, 0.1) is 0 Å². The second kappa shape index (κ2) is 39.0. The Morgan fingerprint density at radius 1 is 0.377 bits per heavy atom. The van der Waals surface area contributed by atoms with Crippen molar-refractivity contribution in [2.24, 2.45) is 0 Å². The predicted molar refractivity (Wildman–Crippen MR) is 205 cm³/mol. The van der Waals surface area contributed by atoms with E-state index in [0.29, 0.717) is 110 Å². The van der Waals surface area contributed by atoms with Crippen molar-refractivity contribution in [2.75, 3.05) is 136 Å². The van der Waals surface area contributed by atoms with Crippen LogP contribution in [-0.4, -0.2) is 165 Å². The first kappa shape index (κ1) is 51.8. The Kier molecular flexibility index (Phi) is 38.1. The molecule has 0 saturated heterocycles. The summed E-state index contributed by atoms with van der Waals surface area (Å²) in [4.78, 5) is 47.1. The van der Waals surface area contributed by atoms with E-state index in [0.717, 1.165) is 0 Å². The first-order chi connectivity index (χ1) is 25.8. The molecule has 0 unspecified atom stereocenters. The molecule has 0 fully saturated rings. The minimum absolute atomic E-state index is 0.0641. The van der Waals surface area contributed by atoms with Crippen molar-refractivity contribution in [1.82, 2.24) is 21.3 Å². The Morgan fingerprint density at radius 2 is 0.660 bits per heavy atom. The molecule has 4 N–H and O–H groups in total. The average molecular weight is 845 g/mol. The Bertz CT molecular complexity index is 881. The van der Waals surface area contributed by atoms with Gasteiger partial charge in [-0.2, -0.15) is 0 Å². The van der Waals surface area contributed by atoms with Gasteiger partial charge in [0.1, 0.15) is 5.54 Å². The molecule has 4 amide bonds. The summed E-state index contributed by atoms with van der Waals surface area (Å²) in [5, 5.41) is 11.3. The molecule has 53 heavy (non-hydrogen) atoms. The predicted octanol–water partition coefficient (Wildman–Crippen LogP) is 2.38. The number of hydrogen-bond donors (Lipinski definition) is 4. The van der Waals surface area contributed by atoms with E-state index in [2.05, 4.69) is 21.3 Å². The van der Waals surface area contributed by atoms with Gasteiger partial charge in [-0.1, -0.05) is 0 Å². The van der Waals surface area contributed by atoms with Crippen molar-refractivity contribution in [3.05, 3.63) is 0 Å². The van der Waals surface area contributed by atoms with Crippen LogP contribution in [0.4, 0.5) is 0 Å². The van der Waals surface area contributed by atoms with Gasteiger partial charge in [-0.25, -0.2) is 0 Å². The molecule has 0 bridgehead atoms. The Labute approximate surface area is 335 Å². The highest BCUT2D eigenvalue weighted by atomic mass is 35.5. The second-order valence-electron chi connectivity index (χ2n) is 11.7. The van der Waals surface area contributed by atoms with Crippen molar-refractivity contribution in [3.63, 3.8) is 0 Å². The maximum atomic E-state index is 12.7. The van der Waals surface area contributed by atoms with Crippen LogP contribution >= 0.6 is 46.4 Å². The summed E-state index contributed by atoms with van der Waals surface area (Å²) in [5.74, 6) is 0.481. The second-order valence-corrected chi connectivity index (χ2v) is 13.2. The zero-order valence-corrected chi connectivity index (χ0v) is 34.0. The lowest BCUT2D eigenvalue weighted by Gasteiger charge is -2.34. The van der Waals surface area contributed by atoms with Gasteiger partial charge < -0.3 is 54.4 Å². The summed E-state index contributed by atoms with van der Waals surface area (Å²) >= 11 is 22.5. The molecule has 19 heteroatoms. The average Bonchev–Trinajstić information content (AvgIpc) is 3.12. The van der Waals surface area contributed by atoms with Crippen LogP contribution in [0.2, 0.25) is 0 Å². The van der Waals surface area contributed by atoms with Gasteiger partial charge in [0.05, 0.1) is 59.5 Å². The van der Waals surface area contributed by atoms with Crippen LogP contribution in [0.3, 0.4) is 0 Å². The topological polar surface area (TPSA) is 181 Å².